The molecule has 21 heavy (non-hydrogen) atoms. The predicted octanol–water partition coefficient (Wildman–Crippen LogP) is 4.26. The number of thiophene rings is 1. The van der Waals surface area contributed by atoms with Crippen molar-refractivity contribution in [2.24, 2.45) is 0 Å². The van der Waals surface area contributed by atoms with E-state index in [1.54, 1.807) is 36.2 Å². The Morgan fingerprint density at radius 1 is 1.33 bits per heavy atom. The number of hydrogen-bond donors (Lipinski definition) is 1. The summed E-state index contributed by atoms with van der Waals surface area (Å²) in [4.78, 5) is 25.6. The molecule has 3 rings (SSSR count). The Labute approximate surface area is 135 Å². The van der Waals surface area contributed by atoms with Gasteiger partial charge in [-0.1, -0.05) is 23.2 Å². The number of nitrogens with zero attached hydrogens (tertiary/aromatic N) is 1. The number of carbonyl (C=O) groups is 2. The van der Waals surface area contributed by atoms with Crippen molar-refractivity contribution < 1.29 is 9.59 Å². The van der Waals surface area contributed by atoms with Crippen LogP contribution in [0.25, 0.3) is 0 Å². The lowest BCUT2D eigenvalue weighted by atomic mass is 10.0. The van der Waals surface area contributed by atoms with Gasteiger partial charge in [0.25, 0.3) is 0 Å². The van der Waals surface area contributed by atoms with Crippen molar-refractivity contribution in [1.29, 1.82) is 0 Å². The Kier molecular flexibility index (Phi) is 3.65. The van der Waals surface area contributed by atoms with Crippen molar-refractivity contribution in [3.63, 3.8) is 0 Å². The fourth-order valence-electron chi connectivity index (χ4n) is 2.18. The number of halogens is 2. The summed E-state index contributed by atoms with van der Waals surface area (Å²) >= 11 is 13.1. The van der Waals surface area contributed by atoms with Gasteiger partial charge in [-0.05, 0) is 29.8 Å². The summed E-state index contributed by atoms with van der Waals surface area (Å²) in [6.07, 6.45) is 0. The van der Waals surface area contributed by atoms with Crippen molar-refractivity contribution in [1.82, 2.24) is 4.90 Å². The number of hydrogen-bond acceptors (Lipinski definition) is 3. The third-order valence-corrected chi connectivity index (χ3v) is 4.75. The monoisotopic (exact) mass is 340 g/mol. The van der Waals surface area contributed by atoms with Crippen molar-refractivity contribution >= 4 is 52.0 Å². The van der Waals surface area contributed by atoms with E-state index in [9.17, 15) is 9.59 Å². The van der Waals surface area contributed by atoms with Gasteiger partial charge in [0.05, 0.1) is 9.90 Å². The molecular formula is C14H10Cl2N2O2S. The molecule has 1 aromatic heterocycles. The van der Waals surface area contributed by atoms with E-state index in [2.05, 4.69) is 5.32 Å². The van der Waals surface area contributed by atoms with Gasteiger partial charge in [0, 0.05) is 24.8 Å². The van der Waals surface area contributed by atoms with Gasteiger partial charge in [0.15, 0.2) is 5.78 Å². The van der Waals surface area contributed by atoms with E-state index in [4.69, 9.17) is 23.2 Å². The quantitative estimate of drug-likeness (QED) is 0.830. The predicted molar refractivity (Wildman–Crippen MR) is 84.7 cm³/mol. The highest BCUT2D eigenvalue weighted by molar-refractivity contribution is 7.20. The summed E-state index contributed by atoms with van der Waals surface area (Å²) in [5.74, 6) is -0.175. The van der Waals surface area contributed by atoms with Gasteiger partial charge < -0.3 is 10.2 Å². The first-order chi connectivity index (χ1) is 9.95. The zero-order chi connectivity index (χ0) is 15.1. The second-order valence-electron chi connectivity index (χ2n) is 4.73. The number of anilines is 1. The topological polar surface area (TPSA) is 49.4 Å². The van der Waals surface area contributed by atoms with Gasteiger partial charge in [-0.25, -0.2) is 4.79 Å². The molecule has 0 radical (unpaired) electrons. The van der Waals surface area contributed by atoms with Crippen LogP contribution in [0.1, 0.15) is 21.5 Å². The summed E-state index contributed by atoms with van der Waals surface area (Å²) in [7, 11) is 1.70. The number of amides is 2. The van der Waals surface area contributed by atoms with Gasteiger partial charge >= 0.3 is 6.03 Å². The molecule has 1 aliphatic heterocycles. The summed E-state index contributed by atoms with van der Waals surface area (Å²) in [5, 5.41) is 2.76. The molecule has 0 fully saturated rings. The molecule has 108 valence electrons. The van der Waals surface area contributed by atoms with Gasteiger partial charge in [-0.2, -0.15) is 0 Å². The molecule has 1 aromatic carbocycles. The van der Waals surface area contributed by atoms with Crippen molar-refractivity contribution in [3.8, 4) is 0 Å². The Hall–Kier alpha value is -1.56. The van der Waals surface area contributed by atoms with E-state index in [0.717, 1.165) is 11.3 Å². The van der Waals surface area contributed by atoms with Gasteiger partial charge in [0.2, 0.25) is 0 Å². The largest absolute Gasteiger partial charge is 0.323 e. The molecule has 7 heteroatoms. The summed E-state index contributed by atoms with van der Waals surface area (Å²) in [6.45, 7) is 0.459. The van der Waals surface area contributed by atoms with Crippen LogP contribution in [-0.2, 0) is 6.54 Å². The van der Waals surface area contributed by atoms with Gasteiger partial charge in [-0.15, -0.1) is 11.3 Å². The van der Waals surface area contributed by atoms with Crippen LogP contribution in [0.4, 0.5) is 10.5 Å². The minimum atomic E-state index is -0.175. The van der Waals surface area contributed by atoms with Crippen LogP contribution in [0.2, 0.25) is 8.67 Å². The first kappa shape index (κ1) is 14.4. The van der Waals surface area contributed by atoms with Crippen LogP contribution < -0.4 is 5.32 Å². The smallest absolute Gasteiger partial charge is 0.321 e. The third-order valence-electron chi connectivity index (χ3n) is 3.26. The molecule has 1 N–H and O–H groups in total. The van der Waals surface area contributed by atoms with Crippen molar-refractivity contribution in [2.45, 2.75) is 6.54 Å². The highest BCUT2D eigenvalue weighted by Crippen LogP contribution is 2.33. The standard InChI is InChI=1S/C14H10Cl2N2O2S/c1-18-6-8-4-7(2-3-10(8)17-14(18)20)12(19)9-5-11(15)21-13(9)16/h2-5H,6H2,1H3,(H,17,20). The second kappa shape index (κ2) is 5.33. The van der Waals surface area contributed by atoms with Crippen LogP contribution in [0.5, 0.6) is 0 Å². The van der Waals surface area contributed by atoms with E-state index in [0.29, 0.717) is 26.3 Å². The Morgan fingerprint density at radius 3 is 2.76 bits per heavy atom. The number of rotatable bonds is 2. The zero-order valence-electron chi connectivity index (χ0n) is 10.9. The summed E-state index contributed by atoms with van der Waals surface area (Å²) in [5.41, 5.74) is 2.54. The number of carbonyl (C=O) groups excluding carboxylic acids is 2. The van der Waals surface area contributed by atoms with Crippen LogP contribution in [0.3, 0.4) is 0 Å². The molecule has 0 atom stereocenters. The molecule has 1 aliphatic rings. The molecule has 0 saturated carbocycles. The molecule has 4 nitrogen and oxygen atoms in total. The Bertz CT molecular complexity index is 757. The van der Waals surface area contributed by atoms with Crippen LogP contribution in [-0.4, -0.2) is 23.8 Å². The van der Waals surface area contributed by atoms with Crippen LogP contribution in [0.15, 0.2) is 24.3 Å². The maximum Gasteiger partial charge on any atom is 0.321 e. The molecule has 0 aliphatic carbocycles. The second-order valence-corrected chi connectivity index (χ2v) is 7.01. The minimum absolute atomic E-state index is 0.158. The Balaban J connectivity index is 1.97. The highest BCUT2D eigenvalue weighted by Gasteiger charge is 2.22. The number of urea groups is 1. The molecule has 0 spiro atoms. The number of nitrogens with one attached hydrogen (secondary N) is 1. The Morgan fingerprint density at radius 2 is 2.10 bits per heavy atom. The number of fused-ring (bicyclic) bond motifs is 1. The van der Waals surface area contributed by atoms with E-state index in [1.807, 2.05) is 0 Å². The average molecular weight is 341 g/mol. The van der Waals surface area contributed by atoms with E-state index in [1.165, 1.54) is 11.3 Å². The maximum absolute atomic E-state index is 12.5. The zero-order valence-corrected chi connectivity index (χ0v) is 13.3. The lowest BCUT2D eigenvalue weighted by molar-refractivity contribution is 0.103. The summed E-state index contributed by atoms with van der Waals surface area (Å²) in [6, 6.07) is 6.60. The fourth-order valence-corrected chi connectivity index (χ4v) is 3.63. The maximum atomic E-state index is 12.5. The molecule has 2 amide bonds. The molecule has 2 heterocycles. The van der Waals surface area contributed by atoms with Crippen LogP contribution in [0, 0.1) is 0 Å². The number of ketones is 1. The molecule has 0 saturated heterocycles. The van der Waals surface area contributed by atoms with Gasteiger partial charge in [0.1, 0.15) is 4.34 Å². The number of benzene rings is 1. The summed E-state index contributed by atoms with van der Waals surface area (Å²) < 4.78 is 0.862. The van der Waals surface area contributed by atoms with Crippen molar-refractivity contribution in [3.05, 3.63) is 49.6 Å². The third kappa shape index (κ3) is 2.64. The SMILES string of the molecule is CN1Cc2cc(C(=O)c3cc(Cl)sc3Cl)ccc2NC1=O. The molecule has 0 unspecified atom stereocenters. The van der Waals surface area contributed by atoms with E-state index >= 15 is 0 Å². The van der Waals surface area contributed by atoms with Crippen molar-refractivity contribution in [2.75, 3.05) is 12.4 Å². The highest BCUT2D eigenvalue weighted by atomic mass is 35.5. The first-order valence-electron chi connectivity index (χ1n) is 6.10. The normalized spacial score (nSPS) is 13.9. The van der Waals surface area contributed by atoms with E-state index < -0.39 is 0 Å². The van der Waals surface area contributed by atoms with Gasteiger partial charge in [-0.3, -0.25) is 4.79 Å². The molecule has 0 bridgehead atoms. The molecular weight excluding hydrogens is 331 g/mol. The van der Waals surface area contributed by atoms with Crippen LogP contribution >= 0.6 is 34.5 Å². The first-order valence-corrected chi connectivity index (χ1v) is 7.67. The minimum Gasteiger partial charge on any atom is -0.323 e. The molecule has 2 aromatic rings. The lowest BCUT2D eigenvalue weighted by Crippen LogP contribution is -2.35. The lowest BCUT2D eigenvalue weighted by Gasteiger charge is -2.26. The van der Waals surface area contributed by atoms with E-state index in [-0.39, 0.29) is 11.8 Å². The fraction of sp³-hybridized carbons (Fsp3) is 0.143. The average Bonchev–Trinajstić information content (AvgIpc) is 2.78.